The highest BCUT2D eigenvalue weighted by Gasteiger charge is 2.21. The minimum absolute atomic E-state index is 0.0577. The van der Waals surface area contributed by atoms with Crippen LogP contribution in [0.15, 0.2) is 34.6 Å². The fourth-order valence-electron chi connectivity index (χ4n) is 3.27. The van der Waals surface area contributed by atoms with Crippen LogP contribution in [-0.2, 0) is 0 Å². The van der Waals surface area contributed by atoms with Gasteiger partial charge in [-0.3, -0.25) is 9.78 Å². The zero-order valence-electron chi connectivity index (χ0n) is 12.2. The number of hydrogen-bond donors (Lipinski definition) is 1. The van der Waals surface area contributed by atoms with Crippen molar-refractivity contribution in [3.8, 4) is 11.5 Å². The second-order valence-corrected chi connectivity index (χ2v) is 6.71. The van der Waals surface area contributed by atoms with E-state index in [4.69, 9.17) is 4.98 Å². The summed E-state index contributed by atoms with van der Waals surface area (Å²) in [6, 6.07) is 5.64. The third kappa shape index (κ3) is 2.35. The maximum Gasteiger partial charge on any atom is 0.269 e. The van der Waals surface area contributed by atoms with Crippen molar-refractivity contribution >= 4 is 21.6 Å². The quantitative estimate of drug-likeness (QED) is 0.775. The van der Waals surface area contributed by atoms with Crippen LogP contribution in [0.25, 0.3) is 21.7 Å². The lowest BCUT2D eigenvalue weighted by atomic mass is 9.85. The first-order valence-corrected chi connectivity index (χ1v) is 8.64. The third-order valence-corrected chi connectivity index (χ3v) is 5.39. The zero-order chi connectivity index (χ0) is 14.9. The molecule has 0 spiro atoms. The molecule has 4 nitrogen and oxygen atoms in total. The second kappa shape index (κ2) is 5.65. The summed E-state index contributed by atoms with van der Waals surface area (Å²) >= 11 is 1.51. The molecule has 5 heteroatoms. The SMILES string of the molecule is O=c1[nH]c(-c2ccccn2)nc2c(C3CCCCC3)csc12. The molecule has 22 heavy (non-hydrogen) atoms. The first-order valence-electron chi connectivity index (χ1n) is 7.76. The summed E-state index contributed by atoms with van der Waals surface area (Å²) in [4.78, 5) is 24.2. The van der Waals surface area contributed by atoms with E-state index in [0.29, 0.717) is 17.4 Å². The second-order valence-electron chi connectivity index (χ2n) is 5.83. The van der Waals surface area contributed by atoms with E-state index in [0.717, 1.165) is 10.2 Å². The molecule has 3 heterocycles. The van der Waals surface area contributed by atoms with Crippen LogP contribution in [-0.4, -0.2) is 15.0 Å². The average Bonchev–Trinajstić information content (AvgIpc) is 3.01. The van der Waals surface area contributed by atoms with E-state index in [9.17, 15) is 4.79 Å². The van der Waals surface area contributed by atoms with E-state index in [2.05, 4.69) is 15.3 Å². The van der Waals surface area contributed by atoms with Crippen LogP contribution >= 0.6 is 11.3 Å². The Labute approximate surface area is 132 Å². The maximum atomic E-state index is 12.4. The Balaban J connectivity index is 1.86. The minimum atomic E-state index is -0.0577. The van der Waals surface area contributed by atoms with Crippen LogP contribution < -0.4 is 5.56 Å². The highest BCUT2D eigenvalue weighted by Crippen LogP contribution is 2.37. The summed E-state index contributed by atoms with van der Waals surface area (Å²) in [6.45, 7) is 0. The number of nitrogens with zero attached hydrogens (tertiary/aromatic N) is 2. The van der Waals surface area contributed by atoms with Crippen molar-refractivity contribution in [2.75, 3.05) is 0 Å². The van der Waals surface area contributed by atoms with E-state index in [-0.39, 0.29) is 5.56 Å². The predicted molar refractivity (Wildman–Crippen MR) is 89.3 cm³/mol. The number of aromatic amines is 1. The molecule has 1 fully saturated rings. The number of fused-ring (bicyclic) bond motifs is 1. The van der Waals surface area contributed by atoms with Crippen LogP contribution in [0.1, 0.15) is 43.6 Å². The lowest BCUT2D eigenvalue weighted by Gasteiger charge is -2.20. The van der Waals surface area contributed by atoms with Crippen molar-refractivity contribution in [2.45, 2.75) is 38.0 Å². The van der Waals surface area contributed by atoms with Crippen molar-refractivity contribution < 1.29 is 0 Å². The van der Waals surface area contributed by atoms with Crippen molar-refractivity contribution in [3.05, 3.63) is 45.7 Å². The smallest absolute Gasteiger partial charge is 0.269 e. The number of H-pyrrole nitrogens is 1. The first-order chi connectivity index (χ1) is 10.8. The van der Waals surface area contributed by atoms with Gasteiger partial charge in [-0.1, -0.05) is 25.3 Å². The van der Waals surface area contributed by atoms with Gasteiger partial charge in [-0.15, -0.1) is 11.3 Å². The van der Waals surface area contributed by atoms with Crippen molar-refractivity contribution in [2.24, 2.45) is 0 Å². The Morgan fingerprint density at radius 1 is 1.18 bits per heavy atom. The number of nitrogens with one attached hydrogen (secondary N) is 1. The number of rotatable bonds is 2. The highest BCUT2D eigenvalue weighted by atomic mass is 32.1. The van der Waals surface area contributed by atoms with Crippen LogP contribution in [0.5, 0.6) is 0 Å². The molecular formula is C17H17N3OS. The van der Waals surface area contributed by atoms with E-state index in [1.807, 2.05) is 18.2 Å². The molecule has 4 rings (SSSR count). The first kappa shape index (κ1) is 13.6. The summed E-state index contributed by atoms with van der Waals surface area (Å²) < 4.78 is 0.736. The standard InChI is InChI=1S/C17H17N3OS/c21-17-15-14(12(10-22-15)11-6-2-1-3-7-11)19-16(20-17)13-8-4-5-9-18-13/h4-5,8-11H,1-3,6-7H2,(H,19,20,21). The van der Waals surface area contributed by atoms with Gasteiger partial charge in [0, 0.05) is 6.20 Å². The Morgan fingerprint density at radius 3 is 2.82 bits per heavy atom. The fraction of sp³-hybridized carbons (Fsp3) is 0.353. The summed E-state index contributed by atoms with van der Waals surface area (Å²) in [5.74, 6) is 1.11. The molecule has 0 atom stereocenters. The Bertz CT molecular complexity index is 847. The Morgan fingerprint density at radius 2 is 2.05 bits per heavy atom. The number of thiophene rings is 1. The van der Waals surface area contributed by atoms with Gasteiger partial charge >= 0.3 is 0 Å². The summed E-state index contributed by atoms with van der Waals surface area (Å²) in [7, 11) is 0. The van der Waals surface area contributed by atoms with Gasteiger partial charge in [0.25, 0.3) is 5.56 Å². The molecule has 0 aliphatic heterocycles. The minimum Gasteiger partial charge on any atom is -0.304 e. The van der Waals surface area contributed by atoms with E-state index >= 15 is 0 Å². The van der Waals surface area contributed by atoms with Gasteiger partial charge in [0.2, 0.25) is 0 Å². The molecule has 0 saturated heterocycles. The fourth-order valence-corrected chi connectivity index (χ4v) is 4.25. The summed E-state index contributed by atoms with van der Waals surface area (Å²) in [5.41, 5.74) is 2.78. The normalized spacial score (nSPS) is 16.2. The zero-order valence-corrected chi connectivity index (χ0v) is 13.0. The average molecular weight is 311 g/mol. The lowest BCUT2D eigenvalue weighted by Crippen LogP contribution is -2.10. The maximum absolute atomic E-state index is 12.4. The lowest BCUT2D eigenvalue weighted by molar-refractivity contribution is 0.446. The van der Waals surface area contributed by atoms with Gasteiger partial charge in [-0.05, 0) is 41.8 Å². The monoisotopic (exact) mass is 311 g/mol. The molecule has 0 unspecified atom stereocenters. The molecule has 1 N–H and O–H groups in total. The molecule has 0 bridgehead atoms. The molecule has 3 aromatic heterocycles. The van der Waals surface area contributed by atoms with E-state index < -0.39 is 0 Å². The largest absolute Gasteiger partial charge is 0.304 e. The summed E-state index contributed by atoms with van der Waals surface area (Å²) in [5, 5.41) is 2.13. The number of pyridine rings is 1. The topological polar surface area (TPSA) is 58.6 Å². The molecule has 0 radical (unpaired) electrons. The Kier molecular flexibility index (Phi) is 3.50. The van der Waals surface area contributed by atoms with Gasteiger partial charge < -0.3 is 4.98 Å². The molecule has 0 aromatic carbocycles. The van der Waals surface area contributed by atoms with Crippen LogP contribution in [0.2, 0.25) is 0 Å². The highest BCUT2D eigenvalue weighted by molar-refractivity contribution is 7.17. The van der Waals surface area contributed by atoms with Gasteiger partial charge in [-0.25, -0.2) is 4.98 Å². The van der Waals surface area contributed by atoms with E-state index in [1.165, 1.54) is 49.0 Å². The number of hydrogen-bond acceptors (Lipinski definition) is 4. The van der Waals surface area contributed by atoms with Gasteiger partial charge in [0.15, 0.2) is 5.82 Å². The number of aromatic nitrogens is 3. The molecular weight excluding hydrogens is 294 g/mol. The predicted octanol–water partition coefficient (Wildman–Crippen LogP) is 4.09. The molecule has 3 aromatic rings. The molecule has 1 aliphatic carbocycles. The third-order valence-electron chi connectivity index (χ3n) is 4.41. The molecule has 0 amide bonds. The van der Waals surface area contributed by atoms with Crippen molar-refractivity contribution in [3.63, 3.8) is 0 Å². The van der Waals surface area contributed by atoms with Crippen molar-refractivity contribution in [1.82, 2.24) is 15.0 Å². The molecule has 1 saturated carbocycles. The van der Waals surface area contributed by atoms with Crippen LogP contribution in [0, 0.1) is 0 Å². The summed E-state index contributed by atoms with van der Waals surface area (Å²) in [6.07, 6.45) is 8.01. The van der Waals surface area contributed by atoms with Crippen LogP contribution in [0.4, 0.5) is 0 Å². The Hall–Kier alpha value is -2.01. The molecule has 112 valence electrons. The van der Waals surface area contributed by atoms with Crippen LogP contribution in [0.3, 0.4) is 0 Å². The van der Waals surface area contributed by atoms with Gasteiger partial charge in [0.1, 0.15) is 10.4 Å². The van der Waals surface area contributed by atoms with Gasteiger partial charge in [0.05, 0.1) is 5.52 Å². The van der Waals surface area contributed by atoms with E-state index in [1.54, 1.807) is 6.20 Å². The molecule has 1 aliphatic rings. The van der Waals surface area contributed by atoms with Crippen molar-refractivity contribution in [1.29, 1.82) is 0 Å². The van der Waals surface area contributed by atoms with Gasteiger partial charge in [-0.2, -0.15) is 0 Å².